The van der Waals surface area contributed by atoms with E-state index in [2.05, 4.69) is 21.4 Å². The van der Waals surface area contributed by atoms with Gasteiger partial charge in [-0.15, -0.1) is 11.3 Å². The average molecular weight is 217 g/mol. The Bertz CT molecular complexity index is 467. The summed E-state index contributed by atoms with van der Waals surface area (Å²) in [4.78, 5) is 8.73. The second kappa shape index (κ2) is 3.31. The molecule has 0 radical (unpaired) electrons. The molecule has 15 heavy (non-hydrogen) atoms. The van der Waals surface area contributed by atoms with Crippen molar-refractivity contribution in [3.63, 3.8) is 0 Å². The first kappa shape index (κ1) is 8.85. The van der Waals surface area contributed by atoms with E-state index in [-0.39, 0.29) is 0 Å². The Balaban J connectivity index is 1.90. The van der Waals surface area contributed by atoms with Gasteiger partial charge in [0.15, 0.2) is 5.13 Å². The Morgan fingerprint density at radius 3 is 3.07 bits per heavy atom. The zero-order chi connectivity index (χ0) is 10.3. The van der Waals surface area contributed by atoms with Gasteiger partial charge in [-0.3, -0.25) is 4.98 Å². The Hall–Kier alpha value is -1.42. The van der Waals surface area contributed by atoms with E-state index in [1.54, 1.807) is 0 Å². The van der Waals surface area contributed by atoms with Gasteiger partial charge in [0.25, 0.3) is 0 Å². The molecular formula is C11H11N3S. The number of anilines is 1. The standard InChI is InChI=1S/C11H11N3S/c12-11-14-10(6-15-11)8-4-7-2-1-3-13-9(7)5-8/h1-3,6,8H,4-5H2,(H2,12,14). The van der Waals surface area contributed by atoms with E-state index < -0.39 is 0 Å². The summed E-state index contributed by atoms with van der Waals surface area (Å²) in [5.41, 5.74) is 9.34. The van der Waals surface area contributed by atoms with Crippen LogP contribution in [0.5, 0.6) is 0 Å². The van der Waals surface area contributed by atoms with Crippen LogP contribution in [0, 0.1) is 0 Å². The normalized spacial score (nSPS) is 19.1. The zero-order valence-corrected chi connectivity index (χ0v) is 9.00. The number of pyridine rings is 1. The van der Waals surface area contributed by atoms with Crippen LogP contribution in [0.15, 0.2) is 23.7 Å². The fourth-order valence-electron chi connectivity index (χ4n) is 2.11. The molecule has 3 rings (SSSR count). The molecule has 1 aliphatic carbocycles. The van der Waals surface area contributed by atoms with Crippen molar-refractivity contribution in [2.24, 2.45) is 0 Å². The molecule has 4 heteroatoms. The Labute approximate surface area is 92.0 Å². The predicted octanol–water partition coefficient (Wildman–Crippen LogP) is 2.00. The molecule has 2 heterocycles. The maximum atomic E-state index is 5.64. The van der Waals surface area contributed by atoms with Gasteiger partial charge >= 0.3 is 0 Å². The molecule has 1 atom stereocenters. The minimum absolute atomic E-state index is 0.475. The Morgan fingerprint density at radius 2 is 2.33 bits per heavy atom. The summed E-state index contributed by atoms with van der Waals surface area (Å²) in [7, 11) is 0. The monoisotopic (exact) mass is 217 g/mol. The molecule has 1 aliphatic rings. The first-order chi connectivity index (χ1) is 7.33. The molecule has 0 saturated carbocycles. The minimum Gasteiger partial charge on any atom is -0.375 e. The molecule has 0 fully saturated rings. The fourth-order valence-corrected chi connectivity index (χ4v) is 2.75. The lowest BCUT2D eigenvalue weighted by molar-refractivity contribution is 0.716. The summed E-state index contributed by atoms with van der Waals surface area (Å²) in [6.45, 7) is 0. The first-order valence-corrected chi connectivity index (χ1v) is 5.84. The van der Waals surface area contributed by atoms with Crippen molar-refractivity contribution in [1.29, 1.82) is 0 Å². The van der Waals surface area contributed by atoms with E-state index in [0.29, 0.717) is 11.0 Å². The molecule has 0 amide bonds. The quantitative estimate of drug-likeness (QED) is 0.795. The zero-order valence-electron chi connectivity index (χ0n) is 8.18. The van der Waals surface area contributed by atoms with E-state index in [1.807, 2.05) is 12.3 Å². The highest BCUT2D eigenvalue weighted by atomic mass is 32.1. The van der Waals surface area contributed by atoms with Crippen LogP contribution in [0.1, 0.15) is 22.9 Å². The maximum absolute atomic E-state index is 5.64. The van der Waals surface area contributed by atoms with Gasteiger partial charge < -0.3 is 5.73 Å². The maximum Gasteiger partial charge on any atom is 0.180 e. The second-order valence-electron chi connectivity index (χ2n) is 3.83. The molecular weight excluding hydrogens is 206 g/mol. The highest BCUT2D eigenvalue weighted by Gasteiger charge is 2.25. The van der Waals surface area contributed by atoms with E-state index >= 15 is 0 Å². The SMILES string of the molecule is Nc1nc(C2Cc3cccnc3C2)cs1. The highest BCUT2D eigenvalue weighted by Crippen LogP contribution is 2.33. The van der Waals surface area contributed by atoms with Crippen LogP contribution in [-0.4, -0.2) is 9.97 Å². The molecule has 76 valence electrons. The molecule has 2 aromatic rings. The van der Waals surface area contributed by atoms with Gasteiger partial charge in [-0.05, 0) is 24.5 Å². The number of thiazole rings is 1. The van der Waals surface area contributed by atoms with Crippen LogP contribution >= 0.6 is 11.3 Å². The van der Waals surface area contributed by atoms with Gasteiger partial charge in [0.05, 0.1) is 5.69 Å². The van der Waals surface area contributed by atoms with Crippen LogP contribution in [0.2, 0.25) is 0 Å². The largest absolute Gasteiger partial charge is 0.375 e. The first-order valence-electron chi connectivity index (χ1n) is 4.96. The Morgan fingerprint density at radius 1 is 1.40 bits per heavy atom. The summed E-state index contributed by atoms with van der Waals surface area (Å²) in [6, 6.07) is 4.15. The molecule has 2 N–H and O–H groups in total. The lowest BCUT2D eigenvalue weighted by atomic mass is 10.0. The van der Waals surface area contributed by atoms with E-state index in [0.717, 1.165) is 18.5 Å². The number of nitrogens with zero attached hydrogens (tertiary/aromatic N) is 2. The van der Waals surface area contributed by atoms with Crippen molar-refractivity contribution < 1.29 is 0 Å². The number of fused-ring (bicyclic) bond motifs is 1. The highest BCUT2D eigenvalue weighted by molar-refractivity contribution is 7.13. The molecule has 0 aromatic carbocycles. The molecule has 3 nitrogen and oxygen atoms in total. The number of aromatic nitrogens is 2. The number of nitrogen functional groups attached to an aromatic ring is 1. The number of rotatable bonds is 1. The number of nitrogens with two attached hydrogens (primary N) is 1. The molecule has 0 bridgehead atoms. The van der Waals surface area contributed by atoms with E-state index in [1.165, 1.54) is 22.6 Å². The smallest absolute Gasteiger partial charge is 0.180 e. The second-order valence-corrected chi connectivity index (χ2v) is 4.71. The molecule has 0 aliphatic heterocycles. The summed E-state index contributed by atoms with van der Waals surface area (Å²) in [6.07, 6.45) is 3.91. The third kappa shape index (κ3) is 1.51. The average Bonchev–Trinajstić information content (AvgIpc) is 2.82. The number of hydrogen-bond donors (Lipinski definition) is 1. The van der Waals surface area contributed by atoms with Crippen LogP contribution in [0.25, 0.3) is 0 Å². The van der Waals surface area contributed by atoms with Gasteiger partial charge in [-0.1, -0.05) is 6.07 Å². The molecule has 0 spiro atoms. The van der Waals surface area contributed by atoms with Crippen molar-refractivity contribution in [1.82, 2.24) is 9.97 Å². The Kier molecular flexibility index (Phi) is 1.95. The van der Waals surface area contributed by atoms with Crippen LogP contribution < -0.4 is 5.73 Å². The van der Waals surface area contributed by atoms with Crippen molar-refractivity contribution in [3.05, 3.63) is 40.7 Å². The van der Waals surface area contributed by atoms with E-state index in [9.17, 15) is 0 Å². The van der Waals surface area contributed by atoms with Gasteiger partial charge in [0.2, 0.25) is 0 Å². The van der Waals surface area contributed by atoms with Crippen molar-refractivity contribution in [2.75, 3.05) is 5.73 Å². The third-order valence-corrected chi connectivity index (χ3v) is 3.54. The van der Waals surface area contributed by atoms with Crippen molar-refractivity contribution >= 4 is 16.5 Å². The van der Waals surface area contributed by atoms with Crippen LogP contribution in [0.4, 0.5) is 5.13 Å². The lowest BCUT2D eigenvalue weighted by Gasteiger charge is -2.02. The molecule has 2 aromatic heterocycles. The van der Waals surface area contributed by atoms with E-state index in [4.69, 9.17) is 5.73 Å². The minimum atomic E-state index is 0.475. The topological polar surface area (TPSA) is 51.8 Å². The lowest BCUT2D eigenvalue weighted by Crippen LogP contribution is -1.98. The van der Waals surface area contributed by atoms with Crippen LogP contribution in [0.3, 0.4) is 0 Å². The van der Waals surface area contributed by atoms with Crippen molar-refractivity contribution in [2.45, 2.75) is 18.8 Å². The summed E-state index contributed by atoms with van der Waals surface area (Å²) >= 11 is 1.52. The molecule has 0 saturated heterocycles. The van der Waals surface area contributed by atoms with Crippen LogP contribution in [-0.2, 0) is 12.8 Å². The summed E-state index contributed by atoms with van der Waals surface area (Å²) in [5, 5.41) is 2.72. The number of hydrogen-bond acceptors (Lipinski definition) is 4. The van der Waals surface area contributed by atoms with Gasteiger partial charge in [-0.2, -0.15) is 0 Å². The van der Waals surface area contributed by atoms with Crippen molar-refractivity contribution in [3.8, 4) is 0 Å². The van der Waals surface area contributed by atoms with Gasteiger partial charge in [0, 0.05) is 23.2 Å². The van der Waals surface area contributed by atoms with Gasteiger partial charge in [0.1, 0.15) is 0 Å². The molecule has 1 unspecified atom stereocenters. The predicted molar refractivity (Wildman–Crippen MR) is 60.9 cm³/mol. The summed E-state index contributed by atoms with van der Waals surface area (Å²) in [5.74, 6) is 0.475. The third-order valence-electron chi connectivity index (χ3n) is 2.85. The van der Waals surface area contributed by atoms with Gasteiger partial charge in [-0.25, -0.2) is 4.98 Å². The summed E-state index contributed by atoms with van der Waals surface area (Å²) < 4.78 is 0. The fraction of sp³-hybridized carbons (Fsp3) is 0.273.